The van der Waals surface area contributed by atoms with Crippen LogP contribution in [0.1, 0.15) is 63.7 Å². The van der Waals surface area contributed by atoms with Crippen molar-refractivity contribution in [2.45, 2.75) is 65.1 Å². The van der Waals surface area contributed by atoms with Crippen LogP contribution in [0.5, 0.6) is 5.75 Å². The largest absolute Gasteiger partial charge is 0.490 e. The molecule has 0 unspecified atom stereocenters. The number of rotatable bonds is 10. The third-order valence-corrected chi connectivity index (χ3v) is 4.96. The Labute approximate surface area is 161 Å². The highest BCUT2D eigenvalue weighted by molar-refractivity contribution is 6.00. The molecule has 2 atom stereocenters. The van der Waals surface area contributed by atoms with Crippen LogP contribution in [0, 0.1) is 5.92 Å². The Balaban J connectivity index is 2.22. The van der Waals surface area contributed by atoms with E-state index in [0.717, 1.165) is 25.7 Å². The molecule has 0 heterocycles. The van der Waals surface area contributed by atoms with Crippen LogP contribution in [0.15, 0.2) is 18.2 Å². The van der Waals surface area contributed by atoms with Crippen molar-refractivity contribution in [2.24, 2.45) is 5.92 Å². The van der Waals surface area contributed by atoms with Crippen LogP contribution < -0.4 is 10.1 Å². The van der Waals surface area contributed by atoms with Gasteiger partial charge in [0.1, 0.15) is 16.9 Å². The van der Waals surface area contributed by atoms with E-state index in [0.29, 0.717) is 23.6 Å². The van der Waals surface area contributed by atoms with E-state index in [1.54, 1.807) is 18.2 Å². The van der Waals surface area contributed by atoms with Gasteiger partial charge in [0.2, 0.25) is 0 Å². The number of esters is 1. The molecule has 1 N–H and O–H groups in total. The summed E-state index contributed by atoms with van der Waals surface area (Å²) >= 11 is 0. The Morgan fingerprint density at radius 3 is 2.56 bits per heavy atom. The molecule has 27 heavy (non-hydrogen) atoms. The number of ether oxygens (including phenoxy) is 3. The molecule has 6 nitrogen and oxygen atoms in total. The second-order valence-corrected chi connectivity index (χ2v) is 7.22. The molecule has 1 aromatic carbocycles. The first-order valence-electron chi connectivity index (χ1n) is 9.70. The van der Waals surface area contributed by atoms with Gasteiger partial charge in [-0.25, -0.2) is 4.79 Å². The number of benzene rings is 1. The third kappa shape index (κ3) is 5.22. The zero-order valence-corrected chi connectivity index (χ0v) is 17.0. The lowest BCUT2D eigenvalue weighted by atomic mass is 9.98. The predicted octanol–water partition coefficient (Wildman–Crippen LogP) is 4.18. The zero-order chi connectivity index (χ0) is 20.0. The minimum atomic E-state index is -0.854. The van der Waals surface area contributed by atoms with Crippen molar-refractivity contribution in [2.75, 3.05) is 19.0 Å². The van der Waals surface area contributed by atoms with Gasteiger partial charge in [-0.05, 0) is 63.6 Å². The fourth-order valence-electron chi connectivity index (χ4n) is 2.85. The number of anilines is 1. The van der Waals surface area contributed by atoms with Crippen molar-refractivity contribution in [3.8, 4) is 5.75 Å². The van der Waals surface area contributed by atoms with Crippen molar-refractivity contribution in [3.05, 3.63) is 23.8 Å². The molecule has 0 aliphatic heterocycles. The van der Waals surface area contributed by atoms with E-state index in [4.69, 9.17) is 14.2 Å². The second kappa shape index (κ2) is 9.22. The number of amides is 1. The van der Waals surface area contributed by atoms with Gasteiger partial charge in [0.05, 0.1) is 13.2 Å². The molecule has 0 radical (unpaired) electrons. The first kappa shape index (κ1) is 21.2. The van der Waals surface area contributed by atoms with Crippen LogP contribution >= 0.6 is 0 Å². The highest BCUT2D eigenvalue weighted by Gasteiger charge is 2.48. The highest BCUT2D eigenvalue weighted by Crippen LogP contribution is 2.42. The zero-order valence-electron chi connectivity index (χ0n) is 17.0. The van der Waals surface area contributed by atoms with Gasteiger partial charge < -0.3 is 19.5 Å². The normalized spacial score (nSPS) is 16.9. The Morgan fingerprint density at radius 2 is 2.00 bits per heavy atom. The molecule has 2 rings (SSSR count). The minimum absolute atomic E-state index is 0.0329. The maximum absolute atomic E-state index is 12.9. The van der Waals surface area contributed by atoms with E-state index < -0.39 is 11.6 Å². The summed E-state index contributed by atoms with van der Waals surface area (Å²) < 4.78 is 16.6. The van der Waals surface area contributed by atoms with Gasteiger partial charge >= 0.3 is 5.97 Å². The van der Waals surface area contributed by atoms with Crippen molar-refractivity contribution in [1.29, 1.82) is 0 Å². The molecule has 1 aliphatic carbocycles. The second-order valence-electron chi connectivity index (χ2n) is 7.22. The molecule has 1 aliphatic rings. The number of carbonyl (C=O) groups is 2. The average Bonchev–Trinajstić information content (AvgIpc) is 3.52. The topological polar surface area (TPSA) is 73.9 Å². The van der Waals surface area contributed by atoms with Crippen molar-refractivity contribution in [1.82, 2.24) is 0 Å². The summed E-state index contributed by atoms with van der Waals surface area (Å²) in [4.78, 5) is 25.1. The number of carbonyl (C=O) groups excluding carboxylic acids is 2. The molecule has 1 amide bonds. The molecule has 0 spiro atoms. The standard InChI is InChI=1S/C21H31NO5/c1-6-12-26-21(4,15-8-9-15)20(24)22-16-10-11-18(27-14(3)7-2)17(13-16)19(23)25-5/h10-11,13-15H,6-9,12H2,1-5H3,(H,22,24)/t14-,21-/m1/s1. The fourth-order valence-corrected chi connectivity index (χ4v) is 2.85. The number of hydrogen-bond donors (Lipinski definition) is 1. The molecule has 0 bridgehead atoms. The maximum atomic E-state index is 12.9. The maximum Gasteiger partial charge on any atom is 0.341 e. The molecule has 6 heteroatoms. The Hall–Kier alpha value is -2.08. The van der Waals surface area contributed by atoms with Gasteiger partial charge in [-0.2, -0.15) is 0 Å². The summed E-state index contributed by atoms with van der Waals surface area (Å²) in [5, 5.41) is 2.90. The van der Waals surface area contributed by atoms with E-state index >= 15 is 0 Å². The molecule has 1 saturated carbocycles. The van der Waals surface area contributed by atoms with Crippen molar-refractivity contribution in [3.63, 3.8) is 0 Å². The number of hydrogen-bond acceptors (Lipinski definition) is 5. The minimum Gasteiger partial charge on any atom is -0.490 e. The van der Waals surface area contributed by atoms with Crippen LogP contribution in [0.25, 0.3) is 0 Å². The summed E-state index contributed by atoms with van der Waals surface area (Å²) in [6, 6.07) is 5.01. The molecule has 0 aromatic heterocycles. The van der Waals surface area contributed by atoms with Gasteiger partial charge in [-0.15, -0.1) is 0 Å². The van der Waals surface area contributed by atoms with E-state index in [1.165, 1.54) is 7.11 Å². The fraction of sp³-hybridized carbons (Fsp3) is 0.619. The predicted molar refractivity (Wildman–Crippen MR) is 104 cm³/mol. The molecule has 0 saturated heterocycles. The SMILES string of the molecule is CCCO[C@@](C)(C(=O)Nc1ccc(O[C@H](C)CC)c(C(=O)OC)c1)C1CC1. The van der Waals surface area contributed by atoms with E-state index in [-0.39, 0.29) is 17.9 Å². The van der Waals surface area contributed by atoms with Gasteiger partial charge in [-0.1, -0.05) is 13.8 Å². The molecule has 1 aromatic rings. The molecular weight excluding hydrogens is 346 g/mol. The average molecular weight is 377 g/mol. The first-order valence-corrected chi connectivity index (χ1v) is 9.70. The Bertz CT molecular complexity index is 671. The van der Waals surface area contributed by atoms with Crippen LogP contribution in [0.3, 0.4) is 0 Å². The quantitative estimate of drug-likeness (QED) is 0.619. The Morgan fingerprint density at radius 1 is 1.30 bits per heavy atom. The number of methoxy groups -OCH3 is 1. The van der Waals surface area contributed by atoms with Crippen molar-refractivity contribution < 1.29 is 23.8 Å². The lowest BCUT2D eigenvalue weighted by Crippen LogP contribution is -2.45. The molecule has 1 fully saturated rings. The smallest absolute Gasteiger partial charge is 0.341 e. The van der Waals surface area contributed by atoms with Gasteiger partial charge in [-0.3, -0.25) is 4.79 Å². The summed E-state index contributed by atoms with van der Waals surface area (Å²) in [6.07, 6.45) is 3.61. The van der Waals surface area contributed by atoms with Gasteiger partial charge in [0.15, 0.2) is 0 Å². The van der Waals surface area contributed by atoms with E-state index in [2.05, 4.69) is 5.32 Å². The summed E-state index contributed by atoms with van der Waals surface area (Å²) in [7, 11) is 1.32. The van der Waals surface area contributed by atoms with Crippen LogP contribution in [-0.2, 0) is 14.3 Å². The summed E-state index contributed by atoms with van der Waals surface area (Å²) in [6.45, 7) is 8.34. The Kier molecular flexibility index (Phi) is 7.25. The van der Waals surface area contributed by atoms with Gasteiger partial charge in [0, 0.05) is 12.3 Å². The van der Waals surface area contributed by atoms with Crippen LogP contribution in [0.2, 0.25) is 0 Å². The van der Waals surface area contributed by atoms with E-state index in [1.807, 2.05) is 27.7 Å². The summed E-state index contributed by atoms with van der Waals surface area (Å²) in [5.74, 6) is -0.0139. The monoisotopic (exact) mass is 377 g/mol. The summed E-state index contributed by atoms with van der Waals surface area (Å²) in [5.41, 5.74) is -0.0464. The van der Waals surface area contributed by atoms with Gasteiger partial charge in [0.25, 0.3) is 5.91 Å². The highest BCUT2D eigenvalue weighted by atomic mass is 16.5. The van der Waals surface area contributed by atoms with Crippen molar-refractivity contribution >= 4 is 17.6 Å². The molecular formula is C21H31NO5. The lowest BCUT2D eigenvalue weighted by Gasteiger charge is -2.28. The molecule has 150 valence electrons. The number of nitrogens with one attached hydrogen (secondary N) is 1. The van der Waals surface area contributed by atoms with E-state index in [9.17, 15) is 9.59 Å². The van der Waals surface area contributed by atoms with Crippen LogP contribution in [-0.4, -0.2) is 37.3 Å². The lowest BCUT2D eigenvalue weighted by molar-refractivity contribution is -0.142. The van der Waals surface area contributed by atoms with Crippen LogP contribution in [0.4, 0.5) is 5.69 Å². The third-order valence-electron chi connectivity index (χ3n) is 4.96. The first-order chi connectivity index (χ1) is 12.8.